The molecule has 3 unspecified atom stereocenters. The maximum absolute atomic E-state index is 12.5. The van der Waals surface area contributed by atoms with Gasteiger partial charge < -0.3 is 38.3 Å². The van der Waals surface area contributed by atoms with Crippen LogP contribution in [0.4, 0.5) is 0 Å². The average Bonchev–Trinajstić information content (AvgIpc) is 2.70. The van der Waals surface area contributed by atoms with Gasteiger partial charge in [-0.25, -0.2) is 4.79 Å². The van der Waals surface area contributed by atoms with Gasteiger partial charge in [0.15, 0.2) is 5.96 Å². The first-order chi connectivity index (χ1) is 14.5. The molecule has 0 heterocycles. The molecule has 0 spiro atoms. The zero-order valence-electron chi connectivity index (χ0n) is 18.2. The Balaban J connectivity index is 4.74. The Morgan fingerprint density at radius 2 is 1.68 bits per heavy atom. The molecule has 12 nitrogen and oxygen atoms in total. The average molecular weight is 462 g/mol. The summed E-state index contributed by atoms with van der Waals surface area (Å²) in [5.74, 6) is -2.47. The van der Waals surface area contributed by atoms with Crippen molar-refractivity contribution in [3.63, 3.8) is 0 Å². The van der Waals surface area contributed by atoms with Crippen LogP contribution in [-0.4, -0.2) is 78.0 Å². The number of carboxylic acid groups (broad SMARTS) is 1. The molecule has 0 aliphatic rings. The van der Waals surface area contributed by atoms with Crippen LogP contribution in [0.1, 0.15) is 33.1 Å². The molecule has 0 aromatic rings. The van der Waals surface area contributed by atoms with Gasteiger partial charge in [0.1, 0.15) is 12.1 Å². The van der Waals surface area contributed by atoms with Gasteiger partial charge in [0, 0.05) is 6.54 Å². The molecule has 0 saturated heterocycles. The number of thioether (sulfide) groups is 1. The van der Waals surface area contributed by atoms with Gasteiger partial charge in [-0.15, -0.1) is 0 Å². The summed E-state index contributed by atoms with van der Waals surface area (Å²) in [6.07, 6.45) is 2.68. The van der Waals surface area contributed by atoms with Crippen molar-refractivity contribution in [2.24, 2.45) is 28.1 Å². The number of nitrogens with zero attached hydrogens (tertiary/aromatic N) is 1. The van der Waals surface area contributed by atoms with Gasteiger partial charge in [-0.05, 0) is 37.2 Å². The summed E-state index contributed by atoms with van der Waals surface area (Å²) in [6, 6.07) is -2.76. The van der Waals surface area contributed by atoms with E-state index < -0.39 is 48.4 Å². The van der Waals surface area contributed by atoms with E-state index in [1.165, 1.54) is 11.8 Å². The van der Waals surface area contributed by atoms with Crippen LogP contribution < -0.4 is 33.2 Å². The Morgan fingerprint density at radius 3 is 2.19 bits per heavy atom. The first-order valence-corrected chi connectivity index (χ1v) is 11.3. The number of carboxylic acids is 1. The van der Waals surface area contributed by atoms with Crippen molar-refractivity contribution in [3.05, 3.63) is 0 Å². The summed E-state index contributed by atoms with van der Waals surface area (Å²) < 4.78 is 0. The highest BCUT2D eigenvalue weighted by atomic mass is 32.2. The Morgan fingerprint density at radius 1 is 1.03 bits per heavy atom. The Kier molecular flexibility index (Phi) is 14.0. The molecule has 0 fully saturated rings. The molecule has 0 aromatic carbocycles. The molecule has 10 N–H and O–H groups in total. The lowest BCUT2D eigenvalue weighted by Gasteiger charge is -2.22. The fourth-order valence-electron chi connectivity index (χ4n) is 2.37. The smallest absolute Gasteiger partial charge is 0.326 e. The van der Waals surface area contributed by atoms with E-state index in [9.17, 15) is 24.3 Å². The van der Waals surface area contributed by atoms with E-state index in [0.29, 0.717) is 18.6 Å². The fourth-order valence-corrected chi connectivity index (χ4v) is 2.84. The van der Waals surface area contributed by atoms with E-state index in [1.54, 1.807) is 13.8 Å². The van der Waals surface area contributed by atoms with Gasteiger partial charge in [-0.1, -0.05) is 13.8 Å². The van der Waals surface area contributed by atoms with Crippen LogP contribution in [0.15, 0.2) is 4.99 Å². The number of nitrogens with two attached hydrogens (primary N) is 3. The maximum Gasteiger partial charge on any atom is 0.326 e. The molecule has 178 valence electrons. The normalized spacial score (nSPS) is 13.6. The highest BCUT2D eigenvalue weighted by Gasteiger charge is 2.26. The molecule has 13 heteroatoms. The molecule has 0 saturated carbocycles. The Hall–Kier alpha value is -2.54. The third-order valence-corrected chi connectivity index (χ3v) is 4.91. The molecular formula is C18H35N7O5S. The van der Waals surface area contributed by atoms with Crippen molar-refractivity contribution < 1.29 is 24.3 Å². The second kappa shape index (κ2) is 15.3. The number of amides is 3. The van der Waals surface area contributed by atoms with Crippen LogP contribution >= 0.6 is 11.8 Å². The summed E-state index contributed by atoms with van der Waals surface area (Å²) >= 11 is 1.50. The number of guanidine groups is 1. The van der Waals surface area contributed by atoms with Gasteiger partial charge in [-0.3, -0.25) is 19.4 Å². The van der Waals surface area contributed by atoms with E-state index in [2.05, 4.69) is 20.9 Å². The maximum atomic E-state index is 12.5. The zero-order chi connectivity index (χ0) is 24.0. The molecule has 0 rings (SSSR count). The molecule has 0 radical (unpaired) electrons. The quantitative estimate of drug-likeness (QED) is 0.0810. The molecule has 0 bridgehead atoms. The monoisotopic (exact) mass is 461 g/mol. The Labute approximate surface area is 186 Å². The number of hydrogen-bond donors (Lipinski definition) is 7. The number of carbonyl (C=O) groups is 4. The van der Waals surface area contributed by atoms with Gasteiger partial charge in [0.05, 0.1) is 12.6 Å². The van der Waals surface area contributed by atoms with E-state index in [0.717, 1.165) is 0 Å². The second-order valence-electron chi connectivity index (χ2n) is 7.24. The second-order valence-corrected chi connectivity index (χ2v) is 8.22. The van der Waals surface area contributed by atoms with E-state index >= 15 is 0 Å². The summed E-state index contributed by atoms with van der Waals surface area (Å²) in [5.41, 5.74) is 16.2. The van der Waals surface area contributed by atoms with Crippen LogP contribution in [0.25, 0.3) is 0 Å². The van der Waals surface area contributed by atoms with E-state index in [4.69, 9.17) is 17.2 Å². The fraction of sp³-hybridized carbons (Fsp3) is 0.722. The van der Waals surface area contributed by atoms with Crippen molar-refractivity contribution >= 4 is 41.4 Å². The van der Waals surface area contributed by atoms with Gasteiger partial charge in [0.2, 0.25) is 17.7 Å². The van der Waals surface area contributed by atoms with Crippen LogP contribution in [0, 0.1) is 5.92 Å². The summed E-state index contributed by atoms with van der Waals surface area (Å²) in [7, 11) is 0. The number of aliphatic imine (C=N–C) groups is 1. The van der Waals surface area contributed by atoms with Crippen molar-refractivity contribution in [1.29, 1.82) is 0 Å². The minimum Gasteiger partial charge on any atom is -0.480 e. The molecule has 0 aliphatic heterocycles. The summed E-state index contributed by atoms with van der Waals surface area (Å²) in [4.78, 5) is 51.8. The van der Waals surface area contributed by atoms with E-state index in [-0.39, 0.29) is 24.8 Å². The molecule has 3 atom stereocenters. The van der Waals surface area contributed by atoms with Crippen LogP contribution in [0.3, 0.4) is 0 Å². The first kappa shape index (κ1) is 28.5. The van der Waals surface area contributed by atoms with Crippen molar-refractivity contribution in [1.82, 2.24) is 16.0 Å². The van der Waals surface area contributed by atoms with Crippen LogP contribution in [0.5, 0.6) is 0 Å². The lowest BCUT2D eigenvalue weighted by Crippen LogP contribution is -2.54. The molecule has 31 heavy (non-hydrogen) atoms. The third kappa shape index (κ3) is 12.7. The first-order valence-electron chi connectivity index (χ1n) is 9.89. The number of carbonyl (C=O) groups excluding carboxylic acids is 3. The summed E-state index contributed by atoms with van der Waals surface area (Å²) in [5, 5.41) is 16.6. The van der Waals surface area contributed by atoms with Crippen molar-refractivity contribution in [2.75, 3.05) is 25.1 Å². The minimum atomic E-state index is -1.21. The highest BCUT2D eigenvalue weighted by Crippen LogP contribution is 2.04. The van der Waals surface area contributed by atoms with Gasteiger partial charge in [0.25, 0.3) is 0 Å². The summed E-state index contributed by atoms with van der Waals surface area (Å²) in [6.45, 7) is 3.38. The Bertz CT molecular complexity index is 641. The van der Waals surface area contributed by atoms with Gasteiger partial charge >= 0.3 is 5.97 Å². The van der Waals surface area contributed by atoms with Crippen LogP contribution in [0.2, 0.25) is 0 Å². The predicted octanol–water partition coefficient (Wildman–Crippen LogP) is -2.05. The zero-order valence-corrected chi connectivity index (χ0v) is 19.0. The molecule has 0 aromatic heterocycles. The third-order valence-electron chi connectivity index (χ3n) is 4.27. The van der Waals surface area contributed by atoms with Gasteiger partial charge in [-0.2, -0.15) is 11.8 Å². The lowest BCUT2D eigenvalue weighted by molar-refractivity contribution is -0.142. The SMILES string of the molecule is CSCCC(NC(=O)C(N)C(C)C)C(=O)NCC(=O)NC(CCCN=C(N)N)C(=O)O. The largest absolute Gasteiger partial charge is 0.480 e. The van der Waals surface area contributed by atoms with Crippen molar-refractivity contribution in [3.8, 4) is 0 Å². The molecule has 0 aliphatic carbocycles. The predicted molar refractivity (Wildman–Crippen MR) is 120 cm³/mol. The molecule has 3 amide bonds. The standard InChI is InChI=1S/C18H35N7O5S/c1-10(2)14(19)16(28)25-11(6-8-31-3)15(27)23-9-13(26)24-12(17(29)30)5-4-7-22-18(20)21/h10-12,14H,4-9,19H2,1-3H3,(H,23,27)(H,24,26)(H,25,28)(H,29,30)(H4,20,21,22). The number of hydrogen-bond acceptors (Lipinski definition) is 7. The van der Waals surface area contributed by atoms with Crippen molar-refractivity contribution in [2.45, 2.75) is 51.2 Å². The van der Waals surface area contributed by atoms with E-state index in [1.807, 2.05) is 6.26 Å². The number of rotatable bonds is 15. The minimum absolute atomic E-state index is 0.101. The molecular weight excluding hydrogens is 426 g/mol. The highest BCUT2D eigenvalue weighted by molar-refractivity contribution is 7.98. The topological polar surface area (TPSA) is 215 Å². The number of aliphatic carboxylic acids is 1. The lowest BCUT2D eigenvalue weighted by atomic mass is 10.0. The number of nitrogens with one attached hydrogen (secondary N) is 3. The van der Waals surface area contributed by atoms with Crippen LogP contribution in [-0.2, 0) is 19.2 Å².